The molecular weight excluding hydrogens is 464 g/mol. The SMILES string of the molecule is O=C(NC1CCCNC1)c1sc2nccc3c2c1NC(=O)N3c1cccc(Oc2ccccc2)n1. The van der Waals surface area contributed by atoms with E-state index in [0.717, 1.165) is 31.3 Å². The average molecular weight is 487 g/mol. The van der Waals surface area contributed by atoms with Crippen LogP contribution in [0.1, 0.15) is 22.5 Å². The van der Waals surface area contributed by atoms with Crippen LogP contribution in [0.2, 0.25) is 0 Å². The number of carbonyl (C=O) groups is 2. The molecule has 3 N–H and O–H groups in total. The molecule has 10 heteroatoms. The molecule has 3 amide bonds. The number of ether oxygens (including phenoxy) is 1. The Morgan fingerprint density at radius 2 is 2.03 bits per heavy atom. The summed E-state index contributed by atoms with van der Waals surface area (Å²) in [6, 6.07) is 16.0. The third-order valence-electron chi connectivity index (χ3n) is 5.99. The van der Waals surface area contributed by atoms with Crippen LogP contribution in [-0.4, -0.2) is 41.0 Å². The zero-order valence-electron chi connectivity index (χ0n) is 18.7. The standard InChI is InChI=1S/C25H22N6O3S/c32-23(28-15-6-5-12-26-14-15)22-21-20-17(11-13-27-24(20)35-22)31(25(33)30-21)18-9-4-10-19(29-18)34-16-7-2-1-3-8-16/h1-4,7-11,13,15,26H,5-6,12,14H2,(H,28,32)(H,30,33). The van der Waals surface area contributed by atoms with E-state index in [-0.39, 0.29) is 11.9 Å². The first kappa shape index (κ1) is 21.5. The van der Waals surface area contributed by atoms with Crippen LogP contribution in [0.4, 0.5) is 22.0 Å². The molecule has 0 radical (unpaired) electrons. The Hall–Kier alpha value is -4.02. The summed E-state index contributed by atoms with van der Waals surface area (Å²) >= 11 is 1.27. The molecule has 2 aliphatic rings. The maximum absolute atomic E-state index is 13.3. The van der Waals surface area contributed by atoms with Gasteiger partial charge in [-0.3, -0.25) is 4.79 Å². The summed E-state index contributed by atoms with van der Waals surface area (Å²) < 4.78 is 5.86. The van der Waals surface area contributed by atoms with Gasteiger partial charge in [0.1, 0.15) is 21.3 Å². The summed E-state index contributed by atoms with van der Waals surface area (Å²) in [6.07, 6.45) is 3.58. The van der Waals surface area contributed by atoms with Gasteiger partial charge < -0.3 is 20.7 Å². The van der Waals surface area contributed by atoms with Gasteiger partial charge in [0.2, 0.25) is 5.88 Å². The third-order valence-corrected chi connectivity index (χ3v) is 7.08. The Morgan fingerprint density at radius 1 is 1.14 bits per heavy atom. The highest BCUT2D eigenvalue weighted by atomic mass is 32.1. The number of amides is 3. The molecule has 9 nitrogen and oxygen atoms in total. The summed E-state index contributed by atoms with van der Waals surface area (Å²) in [5, 5.41) is 10.0. The number of pyridine rings is 2. The van der Waals surface area contributed by atoms with Gasteiger partial charge in [0.25, 0.3) is 5.91 Å². The lowest BCUT2D eigenvalue weighted by molar-refractivity contribution is 0.0935. The molecule has 2 aliphatic heterocycles. The molecule has 6 rings (SSSR count). The van der Waals surface area contributed by atoms with Crippen LogP contribution < -0.4 is 25.6 Å². The van der Waals surface area contributed by atoms with Crippen molar-refractivity contribution in [3.63, 3.8) is 0 Å². The number of urea groups is 1. The van der Waals surface area contributed by atoms with Gasteiger partial charge in [-0.05, 0) is 43.7 Å². The van der Waals surface area contributed by atoms with Gasteiger partial charge in [-0.25, -0.2) is 14.7 Å². The number of hydrogen-bond acceptors (Lipinski definition) is 7. The number of carbonyl (C=O) groups excluding carboxylic acids is 2. The lowest BCUT2D eigenvalue weighted by Gasteiger charge is -2.28. The predicted molar refractivity (Wildman–Crippen MR) is 135 cm³/mol. The van der Waals surface area contributed by atoms with E-state index >= 15 is 0 Å². The summed E-state index contributed by atoms with van der Waals surface area (Å²) in [7, 11) is 0. The van der Waals surface area contributed by atoms with Crippen molar-refractivity contribution >= 4 is 50.7 Å². The first-order valence-corrected chi connectivity index (χ1v) is 12.2. The highest BCUT2D eigenvalue weighted by Gasteiger charge is 2.33. The lowest BCUT2D eigenvalue weighted by atomic mass is 10.1. The molecular formula is C25H22N6O3S. The van der Waals surface area contributed by atoms with Crippen molar-refractivity contribution in [3.8, 4) is 11.6 Å². The molecule has 5 heterocycles. The molecule has 0 bridgehead atoms. The first-order valence-electron chi connectivity index (χ1n) is 11.4. The molecule has 1 saturated heterocycles. The van der Waals surface area contributed by atoms with E-state index in [9.17, 15) is 9.59 Å². The van der Waals surface area contributed by atoms with Crippen molar-refractivity contribution in [1.82, 2.24) is 20.6 Å². The van der Waals surface area contributed by atoms with E-state index in [4.69, 9.17) is 4.74 Å². The van der Waals surface area contributed by atoms with Crippen LogP contribution >= 0.6 is 11.3 Å². The Labute approximate surface area is 205 Å². The quantitative estimate of drug-likeness (QED) is 0.379. The molecule has 0 spiro atoms. The number of thiophene rings is 1. The van der Waals surface area contributed by atoms with E-state index in [2.05, 4.69) is 25.9 Å². The second-order valence-corrected chi connectivity index (χ2v) is 9.35. The molecule has 1 unspecified atom stereocenters. The highest BCUT2D eigenvalue weighted by molar-refractivity contribution is 7.21. The van der Waals surface area contributed by atoms with E-state index in [1.165, 1.54) is 16.2 Å². The van der Waals surface area contributed by atoms with E-state index in [1.54, 1.807) is 30.5 Å². The second kappa shape index (κ2) is 8.97. The van der Waals surface area contributed by atoms with Crippen LogP contribution in [0.15, 0.2) is 60.8 Å². The van der Waals surface area contributed by atoms with Crippen LogP contribution in [0.25, 0.3) is 10.2 Å². The Bertz CT molecular complexity index is 1420. The minimum Gasteiger partial charge on any atom is -0.439 e. The Kier molecular flexibility index (Phi) is 5.51. The normalized spacial score (nSPS) is 17.2. The van der Waals surface area contributed by atoms with Crippen LogP contribution in [0, 0.1) is 0 Å². The van der Waals surface area contributed by atoms with Crippen molar-refractivity contribution in [3.05, 3.63) is 65.7 Å². The number of piperidine rings is 1. The number of aromatic nitrogens is 2. The van der Waals surface area contributed by atoms with Gasteiger partial charge in [0.15, 0.2) is 0 Å². The van der Waals surface area contributed by atoms with Crippen molar-refractivity contribution in [2.45, 2.75) is 18.9 Å². The summed E-state index contributed by atoms with van der Waals surface area (Å²) in [4.78, 5) is 38.1. The van der Waals surface area contributed by atoms with E-state index < -0.39 is 6.03 Å². The monoisotopic (exact) mass is 486 g/mol. The summed E-state index contributed by atoms with van der Waals surface area (Å²) in [6.45, 7) is 1.70. The molecule has 1 aromatic carbocycles. The van der Waals surface area contributed by atoms with E-state index in [0.29, 0.717) is 38.5 Å². The second-order valence-electron chi connectivity index (χ2n) is 8.35. The van der Waals surface area contributed by atoms with Crippen molar-refractivity contribution in [2.75, 3.05) is 23.3 Å². The fourth-order valence-corrected chi connectivity index (χ4v) is 5.41. The molecule has 3 aromatic heterocycles. The zero-order chi connectivity index (χ0) is 23.8. The Balaban J connectivity index is 1.35. The lowest BCUT2D eigenvalue weighted by Crippen LogP contribution is -2.45. The van der Waals surface area contributed by atoms with Crippen LogP contribution in [-0.2, 0) is 0 Å². The number of anilines is 3. The molecule has 0 saturated carbocycles. The fraction of sp³-hybridized carbons (Fsp3) is 0.200. The minimum atomic E-state index is -0.402. The van der Waals surface area contributed by atoms with Gasteiger partial charge in [-0.2, -0.15) is 4.98 Å². The van der Waals surface area contributed by atoms with Crippen LogP contribution in [0.3, 0.4) is 0 Å². The number of para-hydroxylation sites is 1. The van der Waals surface area contributed by atoms with Gasteiger partial charge in [0.05, 0.1) is 16.8 Å². The zero-order valence-corrected chi connectivity index (χ0v) is 19.5. The van der Waals surface area contributed by atoms with Gasteiger partial charge in [-0.1, -0.05) is 24.3 Å². The van der Waals surface area contributed by atoms with Gasteiger partial charge in [-0.15, -0.1) is 11.3 Å². The molecule has 176 valence electrons. The molecule has 4 aromatic rings. The summed E-state index contributed by atoms with van der Waals surface area (Å²) in [5.41, 5.74) is 1.11. The molecule has 1 fully saturated rings. The first-order chi connectivity index (χ1) is 17.2. The highest BCUT2D eigenvalue weighted by Crippen LogP contribution is 2.45. The fourth-order valence-electron chi connectivity index (χ4n) is 4.39. The van der Waals surface area contributed by atoms with Gasteiger partial charge in [0, 0.05) is 24.8 Å². The maximum Gasteiger partial charge on any atom is 0.332 e. The predicted octanol–water partition coefficient (Wildman–Crippen LogP) is 4.65. The molecule has 35 heavy (non-hydrogen) atoms. The number of rotatable bonds is 5. The van der Waals surface area contributed by atoms with Gasteiger partial charge >= 0.3 is 6.03 Å². The topological polar surface area (TPSA) is 108 Å². The number of benzene rings is 1. The average Bonchev–Trinajstić information content (AvgIpc) is 3.25. The Morgan fingerprint density at radius 3 is 2.86 bits per heavy atom. The maximum atomic E-state index is 13.3. The third kappa shape index (κ3) is 4.07. The smallest absolute Gasteiger partial charge is 0.332 e. The number of nitrogens with zero attached hydrogens (tertiary/aromatic N) is 3. The van der Waals surface area contributed by atoms with Crippen molar-refractivity contribution in [2.24, 2.45) is 0 Å². The van der Waals surface area contributed by atoms with Crippen molar-refractivity contribution in [1.29, 1.82) is 0 Å². The van der Waals surface area contributed by atoms with Crippen LogP contribution in [0.5, 0.6) is 11.6 Å². The van der Waals surface area contributed by atoms with Crippen molar-refractivity contribution < 1.29 is 14.3 Å². The number of nitrogens with one attached hydrogen (secondary N) is 3. The van der Waals surface area contributed by atoms with E-state index in [1.807, 2.05) is 30.3 Å². The molecule has 0 aliphatic carbocycles. The minimum absolute atomic E-state index is 0.0634. The summed E-state index contributed by atoms with van der Waals surface area (Å²) in [5.74, 6) is 1.21. The molecule has 1 atom stereocenters. The number of hydrogen-bond donors (Lipinski definition) is 3. The largest absolute Gasteiger partial charge is 0.439 e.